The molecule has 0 saturated heterocycles. The van der Waals surface area contributed by atoms with E-state index in [4.69, 9.17) is 0 Å². The molecule has 0 amide bonds. The summed E-state index contributed by atoms with van der Waals surface area (Å²) in [6.45, 7) is 0. The Hall–Kier alpha value is -8.04. The molecule has 11 aromatic carbocycles. The molecule has 0 bridgehead atoms. The Labute approximate surface area is 381 Å². The van der Waals surface area contributed by atoms with Crippen molar-refractivity contribution < 1.29 is 0 Å². The molecule has 0 radical (unpaired) electrons. The third-order valence-corrected chi connectivity index (χ3v) is 15.4. The molecule has 0 aliphatic heterocycles. The van der Waals surface area contributed by atoms with E-state index in [-0.39, 0.29) is 0 Å². The zero-order valence-electron chi connectivity index (χ0n) is 35.4. The molecule has 2 aliphatic carbocycles. The number of anilines is 3. The predicted octanol–water partition coefficient (Wildman–Crippen LogP) is 17.5. The van der Waals surface area contributed by atoms with E-state index in [9.17, 15) is 0 Å². The molecule has 1 nitrogen and oxygen atoms in total. The van der Waals surface area contributed by atoms with Crippen LogP contribution in [0.25, 0.3) is 86.2 Å². The monoisotopic (exact) mass is 841 g/mol. The van der Waals surface area contributed by atoms with Gasteiger partial charge >= 0.3 is 0 Å². The summed E-state index contributed by atoms with van der Waals surface area (Å²) < 4.78 is 2.60. The van der Waals surface area contributed by atoms with E-state index in [1.54, 1.807) is 0 Å². The Morgan fingerprint density at radius 2 is 0.831 bits per heavy atom. The van der Waals surface area contributed by atoms with Crippen LogP contribution in [0.1, 0.15) is 22.3 Å². The molecule has 0 fully saturated rings. The molecule has 0 saturated carbocycles. The van der Waals surface area contributed by atoms with E-state index in [0.717, 1.165) is 11.4 Å². The van der Waals surface area contributed by atoms with E-state index in [0.29, 0.717) is 0 Å². The number of rotatable bonds is 5. The summed E-state index contributed by atoms with van der Waals surface area (Å²) in [6.07, 6.45) is 0. The van der Waals surface area contributed by atoms with Crippen LogP contribution in [0.2, 0.25) is 0 Å². The average Bonchev–Trinajstić information content (AvgIpc) is 4.00. The Morgan fingerprint density at radius 1 is 0.308 bits per heavy atom. The van der Waals surface area contributed by atoms with Crippen molar-refractivity contribution in [3.63, 3.8) is 0 Å². The van der Waals surface area contributed by atoms with Gasteiger partial charge in [-0.2, -0.15) is 0 Å². The lowest BCUT2D eigenvalue weighted by atomic mass is 9.70. The predicted molar refractivity (Wildman–Crippen MR) is 276 cm³/mol. The highest BCUT2D eigenvalue weighted by Gasteiger charge is 2.52. The van der Waals surface area contributed by atoms with E-state index >= 15 is 0 Å². The minimum atomic E-state index is -0.437. The molecule has 1 heterocycles. The van der Waals surface area contributed by atoms with Crippen molar-refractivity contribution in [2.45, 2.75) is 5.41 Å². The van der Waals surface area contributed by atoms with E-state index in [1.165, 1.54) is 114 Å². The molecule has 14 rings (SSSR count). The summed E-state index contributed by atoms with van der Waals surface area (Å²) in [7, 11) is 0. The third kappa shape index (κ3) is 5.26. The lowest BCUT2D eigenvalue weighted by Crippen LogP contribution is -2.26. The van der Waals surface area contributed by atoms with Gasteiger partial charge in [-0.3, -0.25) is 0 Å². The first-order valence-corrected chi connectivity index (χ1v) is 23.3. The normalized spacial score (nSPS) is 13.0. The first-order valence-electron chi connectivity index (χ1n) is 22.5. The van der Waals surface area contributed by atoms with Crippen molar-refractivity contribution in [2.24, 2.45) is 0 Å². The van der Waals surface area contributed by atoms with Crippen LogP contribution in [0.5, 0.6) is 0 Å². The maximum absolute atomic E-state index is 2.52. The van der Waals surface area contributed by atoms with E-state index in [1.807, 2.05) is 11.3 Å². The molecule has 1 aromatic heterocycles. The van der Waals surface area contributed by atoms with Crippen LogP contribution in [0.4, 0.5) is 17.1 Å². The number of fused-ring (bicyclic) bond motifs is 15. The van der Waals surface area contributed by atoms with Gasteiger partial charge in [-0.05, 0) is 143 Å². The molecule has 0 atom stereocenters. The van der Waals surface area contributed by atoms with Crippen molar-refractivity contribution in [2.75, 3.05) is 4.90 Å². The third-order valence-electron chi connectivity index (χ3n) is 14.2. The molecular weight excluding hydrogens is 803 g/mol. The van der Waals surface area contributed by atoms with Crippen LogP contribution >= 0.6 is 11.3 Å². The summed E-state index contributed by atoms with van der Waals surface area (Å²) >= 11 is 1.87. The number of benzene rings is 11. The van der Waals surface area contributed by atoms with E-state index < -0.39 is 5.41 Å². The lowest BCUT2D eigenvalue weighted by molar-refractivity contribution is 0.794. The minimum Gasteiger partial charge on any atom is -0.310 e. The van der Waals surface area contributed by atoms with Crippen LogP contribution in [0, 0.1) is 0 Å². The standard InChI is InChI=1S/C63H39NS/c1-2-15-42-36-45(29-28-40(42)14-1)53-38-44-17-4-3-16-43(44)37-52(53)41-30-32-46(33-31-41)64(47-34-35-61-54(39-47)50-20-8-12-27-60(50)65-61)59-26-13-25-58-62(59)51-21-7-11-24-57(51)63(58)55-22-9-5-18-48(55)49-19-6-10-23-56(49)63/h1-39H. The van der Waals surface area contributed by atoms with Gasteiger partial charge in [-0.1, -0.05) is 176 Å². The summed E-state index contributed by atoms with van der Waals surface area (Å²) in [6, 6.07) is 88.5. The smallest absolute Gasteiger partial charge is 0.0726 e. The second-order valence-corrected chi connectivity index (χ2v) is 18.6. The Kier molecular flexibility index (Phi) is 7.84. The van der Waals surface area contributed by atoms with Gasteiger partial charge in [0, 0.05) is 37.1 Å². The molecular formula is C63H39NS. The van der Waals surface area contributed by atoms with Gasteiger partial charge in [-0.15, -0.1) is 11.3 Å². The van der Waals surface area contributed by atoms with Crippen LogP contribution < -0.4 is 4.90 Å². The Balaban J connectivity index is 0.999. The summed E-state index contributed by atoms with van der Waals surface area (Å²) in [5.41, 5.74) is 18.4. The highest BCUT2D eigenvalue weighted by Crippen LogP contribution is 2.64. The minimum absolute atomic E-state index is 0.437. The van der Waals surface area contributed by atoms with Crippen LogP contribution in [0.15, 0.2) is 237 Å². The SMILES string of the molecule is c1ccc2c(c1)-c1ccccc1C21c2ccccc2-c2c(N(c3ccc(-c4cc5ccccc5cc4-c4ccc5ccccc5c4)cc3)c3ccc4sc5ccccc5c4c3)cccc21. The highest BCUT2D eigenvalue weighted by molar-refractivity contribution is 7.25. The fraction of sp³-hybridized carbons (Fsp3) is 0.0159. The van der Waals surface area contributed by atoms with E-state index in [2.05, 4.69) is 241 Å². The zero-order chi connectivity index (χ0) is 42.6. The molecule has 2 heteroatoms. The van der Waals surface area contributed by atoms with Gasteiger partial charge < -0.3 is 4.90 Å². The van der Waals surface area contributed by atoms with Crippen molar-refractivity contribution in [3.05, 3.63) is 259 Å². The second-order valence-electron chi connectivity index (χ2n) is 17.6. The van der Waals surface area contributed by atoms with Gasteiger partial charge in [0.25, 0.3) is 0 Å². The van der Waals surface area contributed by atoms with Gasteiger partial charge in [0.15, 0.2) is 0 Å². The molecule has 12 aromatic rings. The fourth-order valence-electron chi connectivity index (χ4n) is 11.5. The number of hydrogen-bond donors (Lipinski definition) is 0. The maximum atomic E-state index is 2.52. The van der Waals surface area contributed by atoms with Crippen molar-refractivity contribution in [1.29, 1.82) is 0 Å². The van der Waals surface area contributed by atoms with Crippen LogP contribution in [0.3, 0.4) is 0 Å². The topological polar surface area (TPSA) is 3.24 Å². The van der Waals surface area contributed by atoms with Crippen molar-refractivity contribution in [1.82, 2.24) is 0 Å². The average molecular weight is 842 g/mol. The van der Waals surface area contributed by atoms with Crippen molar-refractivity contribution in [3.8, 4) is 44.5 Å². The summed E-state index contributed by atoms with van der Waals surface area (Å²) in [5.74, 6) is 0. The zero-order valence-corrected chi connectivity index (χ0v) is 36.2. The molecule has 1 spiro atoms. The Morgan fingerprint density at radius 3 is 1.55 bits per heavy atom. The maximum Gasteiger partial charge on any atom is 0.0726 e. The first-order chi connectivity index (χ1) is 32.2. The lowest BCUT2D eigenvalue weighted by Gasteiger charge is -2.32. The van der Waals surface area contributed by atoms with Gasteiger partial charge in [-0.25, -0.2) is 0 Å². The fourth-order valence-corrected chi connectivity index (χ4v) is 12.5. The van der Waals surface area contributed by atoms with Crippen molar-refractivity contribution >= 4 is 70.1 Å². The second kappa shape index (κ2) is 14.0. The molecule has 2 aliphatic rings. The number of hydrogen-bond acceptors (Lipinski definition) is 2. The highest BCUT2D eigenvalue weighted by atomic mass is 32.1. The quantitative estimate of drug-likeness (QED) is 0.167. The van der Waals surface area contributed by atoms with Crippen LogP contribution in [-0.4, -0.2) is 0 Å². The van der Waals surface area contributed by atoms with Crippen LogP contribution in [-0.2, 0) is 5.41 Å². The largest absolute Gasteiger partial charge is 0.310 e. The first kappa shape index (κ1) is 36.4. The van der Waals surface area contributed by atoms with Gasteiger partial charge in [0.05, 0.1) is 11.1 Å². The summed E-state index contributed by atoms with van der Waals surface area (Å²) in [4.78, 5) is 2.52. The molecule has 0 unspecified atom stereocenters. The molecule has 302 valence electrons. The molecule has 0 N–H and O–H groups in total. The number of thiophene rings is 1. The number of nitrogens with zero attached hydrogens (tertiary/aromatic N) is 1. The summed E-state index contributed by atoms with van der Waals surface area (Å²) in [5, 5.41) is 7.54. The molecule has 65 heavy (non-hydrogen) atoms. The van der Waals surface area contributed by atoms with Gasteiger partial charge in [0.2, 0.25) is 0 Å². The Bertz CT molecular complexity index is 3860. The van der Waals surface area contributed by atoms with Gasteiger partial charge in [0.1, 0.15) is 0 Å².